The van der Waals surface area contributed by atoms with Gasteiger partial charge in [0, 0.05) is 12.7 Å². The molecule has 2 aromatic carbocycles. The van der Waals surface area contributed by atoms with E-state index in [1.807, 2.05) is 44.3 Å². The molecule has 0 aliphatic carbocycles. The summed E-state index contributed by atoms with van der Waals surface area (Å²) in [6.45, 7) is 2.02. The van der Waals surface area contributed by atoms with Crippen molar-refractivity contribution in [2.75, 3.05) is 5.32 Å². The largest absolute Gasteiger partial charge is 0.375 e. The normalized spacial score (nSPS) is 12.6. The number of benzene rings is 2. The number of anilines is 1. The molecule has 1 unspecified atom stereocenters. The van der Waals surface area contributed by atoms with E-state index < -0.39 is 0 Å². The quantitative estimate of drug-likeness (QED) is 0.747. The monoisotopic (exact) mass is 347 g/mol. The van der Waals surface area contributed by atoms with Gasteiger partial charge in [0.25, 0.3) is 0 Å². The van der Waals surface area contributed by atoms with Crippen molar-refractivity contribution in [3.05, 3.63) is 58.6 Å². The summed E-state index contributed by atoms with van der Waals surface area (Å²) in [5.74, 6) is 0.636. The topological polar surface area (TPSA) is 29.9 Å². The van der Waals surface area contributed by atoms with Crippen molar-refractivity contribution in [2.45, 2.75) is 13.0 Å². The molecule has 1 atom stereocenters. The van der Waals surface area contributed by atoms with Crippen molar-refractivity contribution >= 4 is 32.7 Å². The first-order valence-electron chi connectivity index (χ1n) is 6.69. The minimum atomic E-state index is -0.280. The number of para-hydroxylation sites is 2. The molecule has 0 bridgehead atoms. The average molecular weight is 348 g/mol. The fourth-order valence-electron chi connectivity index (χ4n) is 2.45. The first kappa shape index (κ1) is 14.1. The van der Waals surface area contributed by atoms with Gasteiger partial charge in [-0.05, 0) is 53.2 Å². The maximum Gasteiger partial charge on any atom is 0.139 e. The summed E-state index contributed by atoms with van der Waals surface area (Å²) in [5, 5.41) is 3.28. The van der Waals surface area contributed by atoms with E-state index in [1.54, 1.807) is 6.07 Å². The van der Waals surface area contributed by atoms with Gasteiger partial charge in [-0.15, -0.1) is 0 Å². The second kappa shape index (κ2) is 5.48. The predicted octanol–water partition coefficient (Wildman–Crippen LogP) is 4.65. The number of aromatic nitrogens is 2. The molecule has 1 N–H and O–H groups in total. The zero-order chi connectivity index (χ0) is 15.0. The van der Waals surface area contributed by atoms with Crippen LogP contribution in [0.5, 0.6) is 0 Å². The van der Waals surface area contributed by atoms with E-state index >= 15 is 0 Å². The van der Waals surface area contributed by atoms with E-state index in [2.05, 4.69) is 30.8 Å². The van der Waals surface area contributed by atoms with Gasteiger partial charge in [0.1, 0.15) is 11.6 Å². The van der Waals surface area contributed by atoms with E-state index in [1.165, 1.54) is 6.07 Å². The molecule has 1 heterocycles. The molecule has 0 spiro atoms. The Bertz CT molecular complexity index is 797. The summed E-state index contributed by atoms with van der Waals surface area (Å²) in [6, 6.07) is 13.0. The Morgan fingerprint density at radius 2 is 2.00 bits per heavy atom. The van der Waals surface area contributed by atoms with Crippen molar-refractivity contribution < 1.29 is 4.39 Å². The van der Waals surface area contributed by atoms with Crippen LogP contribution in [0.15, 0.2) is 46.9 Å². The highest BCUT2D eigenvalue weighted by Gasteiger charge is 2.14. The maximum atomic E-state index is 13.6. The van der Waals surface area contributed by atoms with Crippen LogP contribution >= 0.6 is 15.9 Å². The van der Waals surface area contributed by atoms with Gasteiger partial charge >= 0.3 is 0 Å². The molecule has 3 rings (SSSR count). The third kappa shape index (κ3) is 2.65. The molecule has 0 saturated heterocycles. The van der Waals surface area contributed by atoms with Crippen molar-refractivity contribution in [3.63, 3.8) is 0 Å². The summed E-state index contributed by atoms with van der Waals surface area (Å²) in [6.07, 6.45) is 0. The van der Waals surface area contributed by atoms with E-state index in [0.717, 1.165) is 22.5 Å². The second-order valence-electron chi connectivity index (χ2n) is 5.01. The Kier molecular flexibility index (Phi) is 3.68. The Hall–Kier alpha value is -1.88. The lowest BCUT2D eigenvalue weighted by molar-refractivity contribution is 0.621. The lowest BCUT2D eigenvalue weighted by atomic mass is 10.2. The predicted molar refractivity (Wildman–Crippen MR) is 86.9 cm³/mol. The summed E-state index contributed by atoms with van der Waals surface area (Å²) in [7, 11) is 1.99. The van der Waals surface area contributed by atoms with E-state index in [-0.39, 0.29) is 11.9 Å². The first-order chi connectivity index (χ1) is 10.1. The first-order valence-corrected chi connectivity index (χ1v) is 7.48. The highest BCUT2D eigenvalue weighted by atomic mass is 79.9. The lowest BCUT2D eigenvalue weighted by Gasteiger charge is -2.15. The van der Waals surface area contributed by atoms with Crippen LogP contribution < -0.4 is 5.32 Å². The summed E-state index contributed by atoms with van der Waals surface area (Å²) >= 11 is 3.16. The summed E-state index contributed by atoms with van der Waals surface area (Å²) < 4.78 is 16.1. The van der Waals surface area contributed by atoms with Crippen molar-refractivity contribution in [1.29, 1.82) is 0 Å². The van der Waals surface area contributed by atoms with Crippen molar-refractivity contribution in [1.82, 2.24) is 9.55 Å². The average Bonchev–Trinajstić information content (AvgIpc) is 2.81. The molecule has 0 amide bonds. The van der Waals surface area contributed by atoms with Crippen LogP contribution in [0.25, 0.3) is 11.0 Å². The molecule has 0 aliphatic heterocycles. The Morgan fingerprint density at radius 3 is 2.71 bits per heavy atom. The molecule has 3 nitrogen and oxygen atoms in total. The third-order valence-electron chi connectivity index (χ3n) is 3.51. The number of fused-ring (bicyclic) bond motifs is 1. The molecular formula is C16H15BrFN3. The SMILES string of the molecule is CC(Nc1ccc(Br)c(F)c1)c1nc2ccccc2n1C. The van der Waals surface area contributed by atoms with Crippen molar-refractivity contribution in [3.8, 4) is 0 Å². The molecular weight excluding hydrogens is 333 g/mol. The molecule has 0 aliphatic rings. The number of hydrogen-bond acceptors (Lipinski definition) is 2. The van der Waals surface area contributed by atoms with Gasteiger partial charge in [-0.2, -0.15) is 0 Å². The van der Waals surface area contributed by atoms with Gasteiger partial charge in [-0.25, -0.2) is 9.37 Å². The summed E-state index contributed by atoms with van der Waals surface area (Å²) in [5.41, 5.74) is 2.78. The number of aryl methyl sites for hydroxylation is 1. The zero-order valence-electron chi connectivity index (χ0n) is 11.8. The van der Waals surface area contributed by atoms with Crippen LogP contribution in [0.4, 0.5) is 10.1 Å². The van der Waals surface area contributed by atoms with Gasteiger partial charge < -0.3 is 9.88 Å². The minimum absolute atomic E-state index is 0.0250. The highest BCUT2D eigenvalue weighted by molar-refractivity contribution is 9.10. The Labute approximate surface area is 130 Å². The molecule has 21 heavy (non-hydrogen) atoms. The Balaban J connectivity index is 1.91. The molecule has 3 aromatic rings. The Morgan fingerprint density at radius 1 is 1.24 bits per heavy atom. The van der Waals surface area contributed by atoms with E-state index in [9.17, 15) is 4.39 Å². The van der Waals surface area contributed by atoms with Crippen LogP contribution in [0, 0.1) is 5.82 Å². The maximum absolute atomic E-state index is 13.6. The smallest absolute Gasteiger partial charge is 0.139 e. The number of halogens is 2. The third-order valence-corrected chi connectivity index (χ3v) is 4.15. The zero-order valence-corrected chi connectivity index (χ0v) is 13.4. The van der Waals surface area contributed by atoms with Gasteiger partial charge in [0.05, 0.1) is 21.5 Å². The highest BCUT2D eigenvalue weighted by Crippen LogP contribution is 2.25. The van der Waals surface area contributed by atoms with Gasteiger partial charge in [-0.1, -0.05) is 12.1 Å². The number of rotatable bonds is 3. The van der Waals surface area contributed by atoms with Crippen LogP contribution in [-0.4, -0.2) is 9.55 Å². The van der Waals surface area contributed by atoms with Gasteiger partial charge in [0.2, 0.25) is 0 Å². The molecule has 1 aromatic heterocycles. The molecule has 0 radical (unpaired) electrons. The van der Waals surface area contributed by atoms with E-state index in [4.69, 9.17) is 0 Å². The van der Waals surface area contributed by atoms with Crippen molar-refractivity contribution in [2.24, 2.45) is 7.05 Å². The fraction of sp³-hybridized carbons (Fsp3) is 0.188. The number of hydrogen-bond donors (Lipinski definition) is 1. The van der Waals surface area contributed by atoms with Crippen LogP contribution in [0.3, 0.4) is 0 Å². The van der Waals surface area contributed by atoms with Crippen LogP contribution in [-0.2, 0) is 7.05 Å². The molecule has 0 saturated carbocycles. The number of imidazole rings is 1. The second-order valence-corrected chi connectivity index (χ2v) is 5.87. The van der Waals surface area contributed by atoms with Crippen LogP contribution in [0.1, 0.15) is 18.8 Å². The lowest BCUT2D eigenvalue weighted by Crippen LogP contribution is -2.12. The number of nitrogens with one attached hydrogen (secondary N) is 1. The minimum Gasteiger partial charge on any atom is -0.375 e. The van der Waals surface area contributed by atoms with E-state index in [0.29, 0.717) is 4.47 Å². The number of nitrogens with zero attached hydrogens (tertiary/aromatic N) is 2. The molecule has 5 heteroatoms. The van der Waals surface area contributed by atoms with Gasteiger partial charge in [0.15, 0.2) is 0 Å². The van der Waals surface area contributed by atoms with Gasteiger partial charge in [-0.3, -0.25) is 0 Å². The van der Waals surface area contributed by atoms with Crippen LogP contribution in [0.2, 0.25) is 0 Å². The fourth-order valence-corrected chi connectivity index (χ4v) is 2.70. The molecule has 108 valence electrons. The molecule has 0 fully saturated rings. The standard InChI is InChI=1S/C16H15BrFN3/c1-10(19-11-7-8-12(17)13(18)9-11)16-20-14-5-3-4-6-15(14)21(16)2/h3-10,19H,1-2H3. The summed E-state index contributed by atoms with van der Waals surface area (Å²) in [4.78, 5) is 4.65.